The zero-order valence-electron chi connectivity index (χ0n) is 17.1. The molecule has 0 aliphatic rings. The van der Waals surface area contributed by atoms with Crippen LogP contribution in [0.15, 0.2) is 61.2 Å². The largest absolute Gasteiger partial charge is 0.487 e. The Balaban J connectivity index is 1.64. The van der Waals surface area contributed by atoms with E-state index in [-0.39, 0.29) is 17.5 Å². The molecule has 176 valence electrons. The predicted molar refractivity (Wildman–Crippen MR) is 110 cm³/mol. The summed E-state index contributed by atoms with van der Waals surface area (Å²) in [4.78, 5) is 7.57. The molecule has 0 fully saturated rings. The molecule has 1 unspecified atom stereocenters. The predicted octanol–water partition coefficient (Wildman–Crippen LogP) is 3.65. The molecule has 0 aliphatic carbocycles. The van der Waals surface area contributed by atoms with Gasteiger partial charge in [-0.25, -0.2) is 18.4 Å². The van der Waals surface area contributed by atoms with Crippen LogP contribution in [0.4, 0.5) is 17.6 Å². The fraction of sp³-hybridized carbons (Fsp3) is 0.190. The quantitative estimate of drug-likeness (QED) is 0.295. The SMILES string of the molecule is OC(Cn1cnnn1)(c1ccc(F)cc1F)C(F)(F)c1ccc(OCc2ccnc(Cl)c2)cn1. The number of rotatable bonds is 8. The van der Waals surface area contributed by atoms with Crippen molar-refractivity contribution < 1.29 is 27.4 Å². The number of hydrogen-bond donors (Lipinski definition) is 1. The summed E-state index contributed by atoms with van der Waals surface area (Å²) in [6.07, 6.45) is 3.49. The lowest BCUT2D eigenvalue weighted by Gasteiger charge is -2.35. The summed E-state index contributed by atoms with van der Waals surface area (Å²) < 4.78 is 65.6. The van der Waals surface area contributed by atoms with Gasteiger partial charge in [0.15, 0.2) is 5.60 Å². The lowest BCUT2D eigenvalue weighted by Crippen LogP contribution is -2.48. The number of nitrogens with zero attached hydrogens (tertiary/aromatic N) is 6. The highest BCUT2D eigenvalue weighted by molar-refractivity contribution is 6.29. The third-order valence-electron chi connectivity index (χ3n) is 4.93. The van der Waals surface area contributed by atoms with Crippen molar-refractivity contribution in [1.82, 2.24) is 30.2 Å². The van der Waals surface area contributed by atoms with Gasteiger partial charge in [-0.3, -0.25) is 4.98 Å². The summed E-state index contributed by atoms with van der Waals surface area (Å²) in [5.74, 6) is -6.37. The van der Waals surface area contributed by atoms with Crippen LogP contribution in [0.5, 0.6) is 5.75 Å². The zero-order valence-corrected chi connectivity index (χ0v) is 17.9. The molecule has 1 atom stereocenters. The van der Waals surface area contributed by atoms with Gasteiger partial charge in [0, 0.05) is 17.8 Å². The van der Waals surface area contributed by atoms with Crippen molar-refractivity contribution in [2.75, 3.05) is 0 Å². The van der Waals surface area contributed by atoms with Crippen LogP contribution in [0.2, 0.25) is 5.15 Å². The molecule has 13 heteroatoms. The molecule has 0 spiro atoms. The molecular weight excluding hydrogens is 480 g/mol. The van der Waals surface area contributed by atoms with E-state index in [1.54, 1.807) is 12.1 Å². The third kappa shape index (κ3) is 4.68. The fourth-order valence-electron chi connectivity index (χ4n) is 3.23. The van der Waals surface area contributed by atoms with E-state index in [2.05, 4.69) is 25.5 Å². The van der Waals surface area contributed by atoms with Crippen molar-refractivity contribution in [3.05, 3.63) is 94.8 Å². The minimum Gasteiger partial charge on any atom is -0.487 e. The van der Waals surface area contributed by atoms with Gasteiger partial charge in [-0.15, -0.1) is 5.10 Å². The van der Waals surface area contributed by atoms with Crippen LogP contribution in [0.25, 0.3) is 0 Å². The first-order chi connectivity index (χ1) is 16.2. The fourth-order valence-corrected chi connectivity index (χ4v) is 3.42. The first kappa shape index (κ1) is 23.5. The summed E-state index contributed by atoms with van der Waals surface area (Å²) in [5.41, 5.74) is -4.27. The monoisotopic (exact) mass is 494 g/mol. The number of hydrogen-bond acceptors (Lipinski definition) is 7. The molecule has 8 nitrogen and oxygen atoms in total. The average Bonchev–Trinajstić information content (AvgIpc) is 3.30. The highest BCUT2D eigenvalue weighted by Crippen LogP contribution is 2.46. The van der Waals surface area contributed by atoms with Gasteiger partial charge in [0.05, 0.1) is 12.7 Å². The maximum atomic E-state index is 15.7. The zero-order chi connectivity index (χ0) is 24.3. The molecule has 0 saturated carbocycles. The van der Waals surface area contributed by atoms with Gasteiger partial charge in [0.2, 0.25) is 0 Å². The summed E-state index contributed by atoms with van der Waals surface area (Å²) in [5, 5.41) is 21.5. The Kier molecular flexibility index (Phi) is 6.44. The Morgan fingerprint density at radius 2 is 1.88 bits per heavy atom. The number of alkyl halides is 2. The van der Waals surface area contributed by atoms with E-state index in [1.165, 1.54) is 12.3 Å². The normalized spacial score (nSPS) is 13.5. The summed E-state index contributed by atoms with van der Waals surface area (Å²) in [6.45, 7) is -0.873. The first-order valence-electron chi connectivity index (χ1n) is 9.65. The van der Waals surface area contributed by atoms with Crippen molar-refractivity contribution in [3.63, 3.8) is 0 Å². The maximum Gasteiger partial charge on any atom is 0.323 e. The van der Waals surface area contributed by atoms with Gasteiger partial charge in [-0.2, -0.15) is 8.78 Å². The molecule has 1 N–H and O–H groups in total. The number of aromatic nitrogens is 6. The number of halogens is 5. The van der Waals surface area contributed by atoms with Crippen LogP contribution in [0, 0.1) is 11.6 Å². The highest BCUT2D eigenvalue weighted by atomic mass is 35.5. The topological polar surface area (TPSA) is 98.8 Å². The second kappa shape index (κ2) is 9.31. The summed E-state index contributed by atoms with van der Waals surface area (Å²) in [6, 6.07) is 7.28. The van der Waals surface area contributed by atoms with E-state index in [4.69, 9.17) is 16.3 Å². The smallest absolute Gasteiger partial charge is 0.323 e. The van der Waals surface area contributed by atoms with Crippen molar-refractivity contribution in [1.29, 1.82) is 0 Å². The number of benzene rings is 1. The number of ether oxygens (including phenoxy) is 1. The van der Waals surface area contributed by atoms with Crippen LogP contribution in [-0.2, 0) is 24.7 Å². The highest BCUT2D eigenvalue weighted by Gasteiger charge is 2.58. The van der Waals surface area contributed by atoms with Crippen LogP contribution in [0.3, 0.4) is 0 Å². The van der Waals surface area contributed by atoms with Gasteiger partial charge in [-0.05, 0) is 52.4 Å². The van der Waals surface area contributed by atoms with Crippen LogP contribution < -0.4 is 4.74 Å². The molecule has 0 radical (unpaired) electrons. The standard InChI is InChI=1S/C21H15ClF4N6O2/c22-19-7-13(5-6-27-19)10-34-15-2-4-18(28-9-15)21(25,26)20(33,11-32-12-29-30-31-32)16-3-1-14(23)8-17(16)24/h1-9,12,33H,10-11H2. The van der Waals surface area contributed by atoms with E-state index in [0.29, 0.717) is 11.6 Å². The number of pyridine rings is 2. The van der Waals surface area contributed by atoms with E-state index >= 15 is 8.78 Å². The minimum atomic E-state index is -4.16. The van der Waals surface area contributed by atoms with Gasteiger partial charge in [0.1, 0.15) is 41.2 Å². The first-order valence-corrected chi connectivity index (χ1v) is 10.0. The molecule has 4 rings (SSSR count). The van der Waals surface area contributed by atoms with Crippen molar-refractivity contribution in [3.8, 4) is 5.75 Å². The average molecular weight is 495 g/mol. The van der Waals surface area contributed by atoms with Gasteiger partial charge in [0.25, 0.3) is 0 Å². The van der Waals surface area contributed by atoms with Gasteiger partial charge in [-0.1, -0.05) is 11.6 Å². The summed E-state index contributed by atoms with van der Waals surface area (Å²) >= 11 is 5.81. The van der Waals surface area contributed by atoms with Crippen molar-refractivity contribution in [2.45, 2.75) is 24.7 Å². The lowest BCUT2D eigenvalue weighted by atomic mass is 9.84. The molecular formula is C21H15ClF4N6O2. The van der Waals surface area contributed by atoms with Gasteiger partial charge < -0.3 is 9.84 Å². The maximum absolute atomic E-state index is 15.7. The molecule has 34 heavy (non-hydrogen) atoms. The molecule has 0 bridgehead atoms. The van der Waals surface area contributed by atoms with Crippen LogP contribution in [-0.4, -0.2) is 35.3 Å². The van der Waals surface area contributed by atoms with Crippen LogP contribution in [0.1, 0.15) is 16.8 Å². The van der Waals surface area contributed by atoms with E-state index in [0.717, 1.165) is 35.4 Å². The molecule has 3 aromatic heterocycles. The number of aliphatic hydroxyl groups is 1. The number of tetrazole rings is 1. The molecule has 3 heterocycles. The Morgan fingerprint density at radius 3 is 2.53 bits per heavy atom. The van der Waals surface area contributed by atoms with E-state index in [9.17, 15) is 13.9 Å². The van der Waals surface area contributed by atoms with Crippen molar-refractivity contribution in [2.24, 2.45) is 0 Å². The molecule has 0 amide bonds. The Bertz CT molecular complexity index is 1280. The van der Waals surface area contributed by atoms with E-state index < -0.39 is 41.0 Å². The molecule has 1 aromatic carbocycles. The van der Waals surface area contributed by atoms with Gasteiger partial charge >= 0.3 is 5.92 Å². The Hall–Kier alpha value is -3.64. The van der Waals surface area contributed by atoms with Crippen LogP contribution >= 0.6 is 11.6 Å². The summed E-state index contributed by atoms with van der Waals surface area (Å²) in [7, 11) is 0. The second-order valence-corrected chi connectivity index (χ2v) is 7.61. The third-order valence-corrected chi connectivity index (χ3v) is 5.14. The van der Waals surface area contributed by atoms with Crippen molar-refractivity contribution >= 4 is 11.6 Å². The molecule has 0 aliphatic heterocycles. The Morgan fingerprint density at radius 1 is 1.06 bits per heavy atom. The lowest BCUT2D eigenvalue weighted by molar-refractivity contribution is -0.207. The second-order valence-electron chi connectivity index (χ2n) is 7.22. The molecule has 0 saturated heterocycles. The Labute approximate surface area is 194 Å². The molecule has 4 aromatic rings. The minimum absolute atomic E-state index is 0.0731. The van der Waals surface area contributed by atoms with E-state index in [1.807, 2.05) is 0 Å².